The number of anilines is 1. The van der Waals surface area contributed by atoms with Crippen LogP contribution in [0.2, 0.25) is 0 Å². The van der Waals surface area contributed by atoms with Crippen molar-refractivity contribution in [1.29, 1.82) is 0 Å². The normalized spacial score (nSPS) is 11.1. The maximum atomic E-state index is 4.34. The molecule has 20 heavy (non-hydrogen) atoms. The Bertz CT molecular complexity index is 547. The van der Waals surface area contributed by atoms with Gasteiger partial charge in [0, 0.05) is 18.2 Å². The Morgan fingerprint density at radius 3 is 2.40 bits per heavy atom. The van der Waals surface area contributed by atoms with Gasteiger partial charge in [-0.15, -0.1) is 10.2 Å². The van der Waals surface area contributed by atoms with Crippen molar-refractivity contribution < 1.29 is 0 Å². The van der Waals surface area contributed by atoms with Gasteiger partial charge in [-0.3, -0.25) is 0 Å². The summed E-state index contributed by atoms with van der Waals surface area (Å²) in [4.78, 5) is 2.15. The first-order valence-corrected chi connectivity index (χ1v) is 6.89. The minimum atomic E-state index is 0.358. The highest BCUT2D eigenvalue weighted by molar-refractivity contribution is 5.63. The van der Waals surface area contributed by atoms with Crippen LogP contribution < -0.4 is 5.32 Å². The molecule has 0 saturated carbocycles. The third-order valence-corrected chi connectivity index (χ3v) is 2.88. The van der Waals surface area contributed by atoms with Crippen LogP contribution in [0.4, 0.5) is 5.82 Å². The van der Waals surface area contributed by atoms with Crippen LogP contribution in [0, 0.1) is 0 Å². The fraction of sp³-hybridized carbons (Fsp3) is 0.375. The summed E-state index contributed by atoms with van der Waals surface area (Å²) in [5.74, 6) is 0.814. The molecule has 2 aromatic rings. The van der Waals surface area contributed by atoms with Crippen molar-refractivity contribution in [1.82, 2.24) is 15.1 Å². The van der Waals surface area contributed by atoms with E-state index in [1.807, 2.05) is 18.2 Å². The summed E-state index contributed by atoms with van der Waals surface area (Å²) in [6, 6.07) is 12.7. The van der Waals surface area contributed by atoms with Gasteiger partial charge in [-0.2, -0.15) is 0 Å². The van der Waals surface area contributed by atoms with Gasteiger partial charge in [0.05, 0.1) is 5.69 Å². The summed E-state index contributed by atoms with van der Waals surface area (Å²) in [6.07, 6.45) is 0. The average molecular weight is 270 g/mol. The molecule has 1 heterocycles. The molecule has 1 N–H and O–H groups in total. The first kappa shape index (κ1) is 14.5. The van der Waals surface area contributed by atoms with E-state index in [1.165, 1.54) is 5.56 Å². The predicted octanol–water partition coefficient (Wildman–Crippen LogP) is 3.03. The Morgan fingerprint density at radius 2 is 1.80 bits per heavy atom. The summed E-state index contributed by atoms with van der Waals surface area (Å²) in [5, 5.41) is 11.8. The molecule has 0 aliphatic heterocycles. The molecule has 4 heteroatoms. The Balaban J connectivity index is 2.27. The van der Waals surface area contributed by atoms with Crippen molar-refractivity contribution in [2.75, 3.05) is 19.4 Å². The highest BCUT2D eigenvalue weighted by atomic mass is 15.2. The van der Waals surface area contributed by atoms with E-state index >= 15 is 0 Å². The number of benzene rings is 1. The van der Waals surface area contributed by atoms with Crippen LogP contribution in [-0.4, -0.2) is 35.2 Å². The van der Waals surface area contributed by atoms with Crippen molar-refractivity contribution in [3.63, 3.8) is 0 Å². The quantitative estimate of drug-likeness (QED) is 0.906. The van der Waals surface area contributed by atoms with Crippen LogP contribution in [0.25, 0.3) is 11.3 Å². The lowest BCUT2D eigenvalue weighted by Crippen LogP contribution is -2.12. The molecule has 0 unspecified atom stereocenters. The van der Waals surface area contributed by atoms with Crippen LogP contribution in [0.1, 0.15) is 19.4 Å². The molecular weight excluding hydrogens is 248 g/mol. The second-order valence-corrected chi connectivity index (χ2v) is 5.50. The number of rotatable bonds is 5. The zero-order valence-electron chi connectivity index (χ0n) is 12.6. The van der Waals surface area contributed by atoms with Gasteiger partial charge in [-0.25, -0.2) is 0 Å². The van der Waals surface area contributed by atoms with E-state index in [0.29, 0.717) is 6.04 Å². The average Bonchev–Trinajstić information content (AvgIpc) is 2.39. The van der Waals surface area contributed by atoms with Crippen LogP contribution in [-0.2, 0) is 6.54 Å². The van der Waals surface area contributed by atoms with E-state index in [-0.39, 0.29) is 0 Å². The second-order valence-electron chi connectivity index (χ2n) is 5.50. The van der Waals surface area contributed by atoms with Gasteiger partial charge in [-0.05, 0) is 45.6 Å². The Morgan fingerprint density at radius 1 is 1.05 bits per heavy atom. The van der Waals surface area contributed by atoms with Crippen LogP contribution in [0.15, 0.2) is 36.4 Å². The van der Waals surface area contributed by atoms with E-state index in [9.17, 15) is 0 Å². The van der Waals surface area contributed by atoms with Crippen molar-refractivity contribution in [2.45, 2.75) is 26.4 Å². The molecule has 0 aliphatic carbocycles. The predicted molar refractivity (Wildman–Crippen MR) is 83.6 cm³/mol. The summed E-state index contributed by atoms with van der Waals surface area (Å²) in [7, 11) is 4.14. The largest absolute Gasteiger partial charge is 0.366 e. The lowest BCUT2D eigenvalue weighted by Gasteiger charge is -2.14. The van der Waals surface area contributed by atoms with E-state index in [1.54, 1.807) is 0 Å². The van der Waals surface area contributed by atoms with Gasteiger partial charge in [0.1, 0.15) is 5.82 Å². The van der Waals surface area contributed by atoms with Crippen molar-refractivity contribution in [3.8, 4) is 11.3 Å². The highest BCUT2D eigenvalue weighted by Gasteiger charge is 2.07. The molecule has 0 fully saturated rings. The molecule has 0 spiro atoms. The number of nitrogens with one attached hydrogen (secondary N) is 1. The minimum absolute atomic E-state index is 0.358. The summed E-state index contributed by atoms with van der Waals surface area (Å²) >= 11 is 0. The van der Waals surface area contributed by atoms with E-state index in [2.05, 4.69) is 66.6 Å². The zero-order valence-corrected chi connectivity index (χ0v) is 12.6. The Kier molecular flexibility index (Phi) is 4.69. The monoisotopic (exact) mass is 270 g/mol. The van der Waals surface area contributed by atoms with Crippen molar-refractivity contribution in [3.05, 3.63) is 42.0 Å². The Labute approximate surface area is 120 Å². The third-order valence-electron chi connectivity index (χ3n) is 2.88. The standard InChI is InChI=1S/C16H22N4/c1-12(2)17-16-10-9-15(18-19-16)14-8-6-5-7-13(14)11-20(3)4/h5-10,12H,11H2,1-4H3,(H,17,19). The number of hydrogen-bond acceptors (Lipinski definition) is 4. The van der Waals surface area contributed by atoms with Gasteiger partial charge in [-0.1, -0.05) is 24.3 Å². The van der Waals surface area contributed by atoms with Gasteiger partial charge >= 0.3 is 0 Å². The van der Waals surface area contributed by atoms with Crippen LogP contribution in [0.3, 0.4) is 0 Å². The van der Waals surface area contributed by atoms with E-state index in [0.717, 1.165) is 23.6 Å². The molecule has 0 radical (unpaired) electrons. The number of hydrogen-bond donors (Lipinski definition) is 1. The molecule has 4 nitrogen and oxygen atoms in total. The second kappa shape index (κ2) is 6.48. The molecule has 2 rings (SSSR count). The highest BCUT2D eigenvalue weighted by Crippen LogP contribution is 2.22. The molecule has 1 aromatic carbocycles. The minimum Gasteiger partial charge on any atom is -0.366 e. The zero-order chi connectivity index (χ0) is 14.5. The molecular formula is C16H22N4. The molecule has 0 atom stereocenters. The molecule has 1 aromatic heterocycles. The topological polar surface area (TPSA) is 41.0 Å². The van der Waals surface area contributed by atoms with Gasteiger partial charge in [0.25, 0.3) is 0 Å². The number of nitrogens with zero attached hydrogens (tertiary/aromatic N) is 3. The van der Waals surface area contributed by atoms with Crippen LogP contribution in [0.5, 0.6) is 0 Å². The van der Waals surface area contributed by atoms with E-state index < -0.39 is 0 Å². The fourth-order valence-electron chi connectivity index (χ4n) is 2.10. The first-order valence-electron chi connectivity index (χ1n) is 6.89. The molecule has 0 aliphatic rings. The summed E-state index contributed by atoms with van der Waals surface area (Å²) in [5.41, 5.74) is 3.32. The third kappa shape index (κ3) is 3.78. The lowest BCUT2D eigenvalue weighted by molar-refractivity contribution is 0.403. The van der Waals surface area contributed by atoms with Gasteiger partial charge in [0.15, 0.2) is 0 Å². The summed E-state index contributed by atoms with van der Waals surface area (Å²) in [6.45, 7) is 5.06. The molecule has 0 amide bonds. The van der Waals surface area contributed by atoms with Crippen molar-refractivity contribution in [2.24, 2.45) is 0 Å². The lowest BCUT2D eigenvalue weighted by atomic mass is 10.0. The van der Waals surface area contributed by atoms with Gasteiger partial charge in [0.2, 0.25) is 0 Å². The first-order chi connectivity index (χ1) is 9.56. The maximum Gasteiger partial charge on any atom is 0.148 e. The molecule has 0 saturated heterocycles. The Hall–Kier alpha value is -1.94. The fourth-order valence-corrected chi connectivity index (χ4v) is 2.10. The SMILES string of the molecule is CC(C)Nc1ccc(-c2ccccc2CN(C)C)nn1. The molecule has 106 valence electrons. The van der Waals surface area contributed by atoms with Crippen molar-refractivity contribution >= 4 is 5.82 Å². The maximum absolute atomic E-state index is 4.34. The molecule has 0 bridgehead atoms. The van der Waals surface area contributed by atoms with Gasteiger partial charge < -0.3 is 10.2 Å². The van der Waals surface area contributed by atoms with E-state index in [4.69, 9.17) is 0 Å². The smallest absolute Gasteiger partial charge is 0.148 e. The van der Waals surface area contributed by atoms with Crippen LogP contribution >= 0.6 is 0 Å². The summed E-state index contributed by atoms with van der Waals surface area (Å²) < 4.78 is 0. The number of aromatic nitrogens is 2.